The maximum Gasteiger partial charge on any atom is 0.123 e. The van der Waals surface area contributed by atoms with E-state index >= 15 is 0 Å². The van der Waals surface area contributed by atoms with Gasteiger partial charge in [-0.1, -0.05) is 0 Å². The molecule has 2 nitrogen and oxygen atoms in total. The van der Waals surface area contributed by atoms with Gasteiger partial charge in [0, 0.05) is 36.3 Å². The lowest BCUT2D eigenvalue weighted by Crippen LogP contribution is -2.28. The highest BCUT2D eigenvalue weighted by Crippen LogP contribution is 2.29. The minimum absolute atomic E-state index is 0.212. The summed E-state index contributed by atoms with van der Waals surface area (Å²) < 4.78 is 13.4. The van der Waals surface area contributed by atoms with Gasteiger partial charge in [0.25, 0.3) is 0 Å². The number of rotatable bonds is 1. The summed E-state index contributed by atoms with van der Waals surface area (Å²) in [6.07, 6.45) is 0.958. The number of benzene rings is 1. The van der Waals surface area contributed by atoms with Crippen LogP contribution in [0.1, 0.15) is 16.8 Å². The summed E-state index contributed by atoms with van der Waals surface area (Å²) in [5.74, 6) is 0.412. The Bertz CT molecular complexity index is 612. The van der Waals surface area contributed by atoms with Gasteiger partial charge in [0.15, 0.2) is 0 Å². The third-order valence-corrected chi connectivity index (χ3v) is 3.88. The molecule has 0 unspecified atom stereocenters. The van der Waals surface area contributed by atoms with Gasteiger partial charge >= 0.3 is 0 Å². The highest BCUT2D eigenvalue weighted by atomic mass is 32.1. The zero-order valence-corrected chi connectivity index (χ0v) is 11.2. The smallest absolute Gasteiger partial charge is 0.123 e. The first-order valence-electron chi connectivity index (χ1n) is 6.08. The standard InChI is InChI=1S/C14H15FN2S/c1-17-5-4-14-11(7-17)12(8-18)10-6-9(15)2-3-13(10)16-14/h2-3,6,18H,4-5,7-8H2,1H3. The topological polar surface area (TPSA) is 16.1 Å². The van der Waals surface area contributed by atoms with Crippen molar-refractivity contribution in [3.63, 3.8) is 0 Å². The molecule has 0 saturated heterocycles. The van der Waals surface area contributed by atoms with Crippen LogP contribution in [0.5, 0.6) is 0 Å². The van der Waals surface area contributed by atoms with Gasteiger partial charge < -0.3 is 4.90 Å². The lowest BCUT2D eigenvalue weighted by Gasteiger charge is -2.27. The molecule has 0 spiro atoms. The largest absolute Gasteiger partial charge is 0.302 e. The van der Waals surface area contributed by atoms with E-state index in [0.717, 1.165) is 41.7 Å². The summed E-state index contributed by atoms with van der Waals surface area (Å²) in [6, 6.07) is 4.80. The Morgan fingerprint density at radius 1 is 1.44 bits per heavy atom. The lowest BCUT2D eigenvalue weighted by molar-refractivity contribution is 0.309. The SMILES string of the molecule is CN1CCc2nc3ccc(F)cc3c(CS)c2C1. The van der Waals surface area contributed by atoms with E-state index in [1.807, 2.05) is 0 Å². The molecule has 4 heteroatoms. The van der Waals surface area contributed by atoms with Gasteiger partial charge in [0.1, 0.15) is 5.82 Å². The molecule has 1 aliphatic rings. The average Bonchev–Trinajstić information content (AvgIpc) is 2.36. The molecule has 0 amide bonds. The van der Waals surface area contributed by atoms with E-state index in [4.69, 9.17) is 0 Å². The Kier molecular flexibility index (Phi) is 2.99. The Morgan fingerprint density at radius 2 is 2.28 bits per heavy atom. The molecule has 0 aliphatic carbocycles. The third kappa shape index (κ3) is 1.89. The Hall–Kier alpha value is -1.13. The number of aromatic nitrogens is 1. The molecule has 1 aromatic heterocycles. The predicted molar refractivity (Wildman–Crippen MR) is 74.4 cm³/mol. The fraction of sp³-hybridized carbons (Fsp3) is 0.357. The van der Waals surface area contributed by atoms with E-state index in [0.29, 0.717) is 5.75 Å². The quantitative estimate of drug-likeness (QED) is 0.796. The molecule has 1 aliphatic heterocycles. The van der Waals surface area contributed by atoms with E-state index in [1.165, 1.54) is 11.6 Å². The van der Waals surface area contributed by atoms with E-state index < -0.39 is 0 Å². The van der Waals surface area contributed by atoms with E-state index in [1.54, 1.807) is 12.1 Å². The molecular weight excluding hydrogens is 247 g/mol. The molecule has 0 N–H and O–H groups in total. The minimum Gasteiger partial charge on any atom is -0.302 e. The summed E-state index contributed by atoms with van der Waals surface area (Å²) in [7, 11) is 2.10. The van der Waals surface area contributed by atoms with Crippen molar-refractivity contribution in [3.05, 3.63) is 40.8 Å². The number of thiol groups is 1. The van der Waals surface area contributed by atoms with Crippen molar-refractivity contribution < 1.29 is 4.39 Å². The molecule has 2 aromatic rings. The molecule has 0 radical (unpaired) electrons. The summed E-state index contributed by atoms with van der Waals surface area (Å²) >= 11 is 4.41. The number of halogens is 1. The highest BCUT2D eigenvalue weighted by Gasteiger charge is 2.19. The number of nitrogens with zero attached hydrogens (tertiary/aromatic N) is 2. The van der Waals surface area contributed by atoms with Crippen molar-refractivity contribution in [1.29, 1.82) is 0 Å². The van der Waals surface area contributed by atoms with Gasteiger partial charge in [-0.05, 0) is 36.4 Å². The summed E-state index contributed by atoms with van der Waals surface area (Å²) in [6.45, 7) is 1.91. The normalized spacial score (nSPS) is 15.9. The van der Waals surface area contributed by atoms with Crippen LogP contribution in [-0.4, -0.2) is 23.5 Å². The van der Waals surface area contributed by atoms with Gasteiger partial charge in [-0.15, -0.1) is 0 Å². The van der Waals surface area contributed by atoms with E-state index in [-0.39, 0.29) is 5.82 Å². The highest BCUT2D eigenvalue weighted by molar-refractivity contribution is 7.79. The summed E-state index contributed by atoms with van der Waals surface area (Å²) in [5, 5.41) is 0.902. The van der Waals surface area contributed by atoms with Crippen molar-refractivity contribution in [1.82, 2.24) is 9.88 Å². The first kappa shape index (κ1) is 11.9. The zero-order valence-electron chi connectivity index (χ0n) is 10.3. The molecule has 3 rings (SSSR count). The molecule has 0 saturated carbocycles. The number of likely N-dealkylation sites (N-methyl/N-ethyl adjacent to an activating group) is 1. The van der Waals surface area contributed by atoms with Crippen molar-refractivity contribution in [2.24, 2.45) is 0 Å². The Labute approximate surface area is 111 Å². The van der Waals surface area contributed by atoms with Crippen molar-refractivity contribution in [3.8, 4) is 0 Å². The van der Waals surface area contributed by atoms with Crippen LogP contribution in [0.3, 0.4) is 0 Å². The Morgan fingerprint density at radius 3 is 3.06 bits per heavy atom. The van der Waals surface area contributed by atoms with Crippen LogP contribution in [0, 0.1) is 5.82 Å². The van der Waals surface area contributed by atoms with Crippen LogP contribution in [-0.2, 0) is 18.7 Å². The van der Waals surface area contributed by atoms with Crippen LogP contribution in [0.4, 0.5) is 4.39 Å². The van der Waals surface area contributed by atoms with Crippen LogP contribution >= 0.6 is 12.6 Å². The molecule has 18 heavy (non-hydrogen) atoms. The van der Waals surface area contributed by atoms with Gasteiger partial charge in [0.2, 0.25) is 0 Å². The maximum atomic E-state index is 13.4. The second kappa shape index (κ2) is 4.52. The molecule has 0 atom stereocenters. The van der Waals surface area contributed by atoms with Crippen molar-refractivity contribution in [2.75, 3.05) is 13.6 Å². The molecule has 2 heterocycles. The number of hydrogen-bond donors (Lipinski definition) is 1. The second-order valence-corrected chi connectivity index (χ2v) is 5.14. The Balaban J connectivity index is 2.31. The number of hydrogen-bond acceptors (Lipinski definition) is 3. The fourth-order valence-electron chi connectivity index (χ4n) is 2.62. The maximum absolute atomic E-state index is 13.4. The molecule has 0 fully saturated rings. The van der Waals surface area contributed by atoms with E-state index in [2.05, 4.69) is 29.6 Å². The third-order valence-electron chi connectivity index (χ3n) is 3.57. The van der Waals surface area contributed by atoms with E-state index in [9.17, 15) is 4.39 Å². The number of pyridine rings is 1. The van der Waals surface area contributed by atoms with Crippen LogP contribution in [0.25, 0.3) is 10.9 Å². The van der Waals surface area contributed by atoms with Crippen molar-refractivity contribution >= 4 is 23.5 Å². The summed E-state index contributed by atoms with van der Waals surface area (Å²) in [4.78, 5) is 6.94. The van der Waals surface area contributed by atoms with Crippen molar-refractivity contribution in [2.45, 2.75) is 18.7 Å². The van der Waals surface area contributed by atoms with Crippen LogP contribution in [0.15, 0.2) is 18.2 Å². The van der Waals surface area contributed by atoms with Gasteiger partial charge in [0.05, 0.1) is 5.52 Å². The second-order valence-electron chi connectivity index (χ2n) is 4.82. The fourth-order valence-corrected chi connectivity index (χ4v) is 2.98. The van der Waals surface area contributed by atoms with Crippen LogP contribution in [0.2, 0.25) is 0 Å². The molecule has 1 aromatic carbocycles. The first-order chi connectivity index (χ1) is 8.69. The van der Waals surface area contributed by atoms with Gasteiger partial charge in [-0.3, -0.25) is 4.98 Å². The summed E-state index contributed by atoms with van der Waals surface area (Å²) in [5.41, 5.74) is 4.39. The van der Waals surface area contributed by atoms with Gasteiger partial charge in [-0.25, -0.2) is 4.39 Å². The van der Waals surface area contributed by atoms with Crippen LogP contribution < -0.4 is 0 Å². The average molecular weight is 262 g/mol. The number of fused-ring (bicyclic) bond motifs is 2. The lowest BCUT2D eigenvalue weighted by atomic mass is 9.97. The minimum atomic E-state index is -0.212. The molecule has 0 bridgehead atoms. The molecule has 94 valence electrons. The monoisotopic (exact) mass is 262 g/mol. The zero-order chi connectivity index (χ0) is 12.7. The van der Waals surface area contributed by atoms with Gasteiger partial charge in [-0.2, -0.15) is 12.6 Å². The first-order valence-corrected chi connectivity index (χ1v) is 6.71. The predicted octanol–water partition coefficient (Wildman–Crippen LogP) is 2.79. The molecular formula is C14H15FN2S.